The highest BCUT2D eigenvalue weighted by Gasteiger charge is 2.19. The number of anilines is 1. The first-order valence-corrected chi connectivity index (χ1v) is 13.8. The van der Waals surface area contributed by atoms with Crippen molar-refractivity contribution in [2.75, 3.05) is 30.9 Å². The fraction of sp³-hybridized carbons (Fsp3) is 0.333. The molecule has 1 N–H and O–H groups in total. The summed E-state index contributed by atoms with van der Waals surface area (Å²) in [6.45, 7) is 6.49. The standard InChI is InChI=1S/C27H31N3O5S/c1-19(2)35-23-9-11-26-25(16-23)30(14-15-34-26)13-12-20-4-6-21(7-5-20)27(31)29-17-22-8-10-24(18-28-22)36(3,32)33/h4-11,16,18-19H,12-15,17H2,1-3H3,(H,29,31). The van der Waals surface area contributed by atoms with Crippen LogP contribution in [0.4, 0.5) is 5.69 Å². The Morgan fingerprint density at radius 3 is 2.58 bits per heavy atom. The molecule has 1 aromatic heterocycles. The first-order valence-electron chi connectivity index (χ1n) is 11.9. The lowest BCUT2D eigenvalue weighted by molar-refractivity contribution is 0.0950. The van der Waals surface area contributed by atoms with Crippen LogP contribution in [-0.2, 0) is 22.8 Å². The molecule has 1 aliphatic heterocycles. The minimum atomic E-state index is -3.30. The van der Waals surface area contributed by atoms with E-state index in [0.29, 0.717) is 17.9 Å². The van der Waals surface area contributed by atoms with Crippen LogP contribution in [-0.4, -0.2) is 51.4 Å². The third kappa shape index (κ3) is 6.54. The first kappa shape index (κ1) is 25.5. The van der Waals surface area contributed by atoms with E-state index in [-0.39, 0.29) is 23.5 Å². The van der Waals surface area contributed by atoms with Gasteiger partial charge < -0.3 is 19.7 Å². The molecule has 0 saturated heterocycles. The third-order valence-corrected chi connectivity index (χ3v) is 6.90. The molecule has 190 valence electrons. The Labute approximate surface area is 212 Å². The van der Waals surface area contributed by atoms with Gasteiger partial charge in [0.05, 0.1) is 35.5 Å². The maximum Gasteiger partial charge on any atom is 0.251 e. The predicted octanol–water partition coefficient (Wildman–Crippen LogP) is 3.64. The predicted molar refractivity (Wildman–Crippen MR) is 139 cm³/mol. The zero-order chi connectivity index (χ0) is 25.7. The maximum atomic E-state index is 12.5. The number of rotatable bonds is 9. The number of benzene rings is 2. The number of pyridine rings is 1. The largest absolute Gasteiger partial charge is 0.491 e. The van der Waals surface area contributed by atoms with Crippen LogP contribution in [0.2, 0.25) is 0 Å². The Hall–Kier alpha value is -3.59. The van der Waals surface area contributed by atoms with Crippen LogP contribution < -0.4 is 19.7 Å². The van der Waals surface area contributed by atoms with Gasteiger partial charge in [0, 0.05) is 30.6 Å². The second-order valence-corrected chi connectivity index (χ2v) is 11.0. The molecule has 8 nitrogen and oxygen atoms in total. The topological polar surface area (TPSA) is 97.8 Å². The monoisotopic (exact) mass is 509 g/mol. The van der Waals surface area contributed by atoms with Gasteiger partial charge in [-0.15, -0.1) is 0 Å². The normalized spacial score (nSPS) is 13.2. The fourth-order valence-electron chi connectivity index (χ4n) is 3.92. The van der Waals surface area contributed by atoms with Crippen LogP contribution in [0.3, 0.4) is 0 Å². The molecular weight excluding hydrogens is 478 g/mol. The minimum absolute atomic E-state index is 0.105. The number of nitrogens with one attached hydrogen (secondary N) is 1. The van der Waals surface area contributed by atoms with Crippen molar-refractivity contribution in [3.05, 3.63) is 77.6 Å². The lowest BCUT2D eigenvalue weighted by Gasteiger charge is -2.31. The van der Waals surface area contributed by atoms with E-state index in [0.717, 1.165) is 48.5 Å². The molecule has 0 aliphatic carbocycles. The van der Waals surface area contributed by atoms with E-state index >= 15 is 0 Å². The number of amides is 1. The van der Waals surface area contributed by atoms with Crippen molar-refractivity contribution in [3.63, 3.8) is 0 Å². The lowest BCUT2D eigenvalue weighted by Crippen LogP contribution is -2.34. The number of sulfone groups is 1. The number of carbonyl (C=O) groups excluding carboxylic acids is 1. The molecule has 3 aromatic rings. The van der Waals surface area contributed by atoms with Gasteiger partial charge in [-0.05, 0) is 62.2 Å². The molecule has 1 aliphatic rings. The summed E-state index contributed by atoms with van der Waals surface area (Å²) in [6.07, 6.45) is 3.37. The van der Waals surface area contributed by atoms with E-state index in [4.69, 9.17) is 9.47 Å². The number of nitrogens with zero attached hydrogens (tertiary/aromatic N) is 2. The number of ether oxygens (including phenoxy) is 2. The van der Waals surface area contributed by atoms with E-state index in [1.807, 2.05) is 56.3 Å². The summed E-state index contributed by atoms with van der Waals surface area (Å²) in [6, 6.07) is 16.6. The molecule has 0 atom stereocenters. The van der Waals surface area contributed by atoms with E-state index < -0.39 is 9.84 Å². The van der Waals surface area contributed by atoms with Crippen LogP contribution >= 0.6 is 0 Å². The van der Waals surface area contributed by atoms with Gasteiger partial charge in [0.15, 0.2) is 9.84 Å². The summed E-state index contributed by atoms with van der Waals surface area (Å²) in [5.41, 5.74) is 3.31. The van der Waals surface area contributed by atoms with Crippen LogP contribution in [0, 0.1) is 0 Å². The molecule has 0 radical (unpaired) electrons. The van der Waals surface area contributed by atoms with Gasteiger partial charge >= 0.3 is 0 Å². The SMILES string of the molecule is CC(C)Oc1ccc2c(c1)N(CCc1ccc(C(=O)NCc3ccc(S(C)(=O)=O)cn3)cc1)CCO2. The number of hydrogen-bond acceptors (Lipinski definition) is 7. The first-order chi connectivity index (χ1) is 17.2. The van der Waals surface area contributed by atoms with Crippen LogP contribution in [0.25, 0.3) is 0 Å². The molecule has 0 fully saturated rings. The highest BCUT2D eigenvalue weighted by molar-refractivity contribution is 7.90. The number of hydrogen-bond donors (Lipinski definition) is 1. The van der Waals surface area contributed by atoms with Gasteiger partial charge in [-0.1, -0.05) is 12.1 Å². The molecule has 0 spiro atoms. The van der Waals surface area contributed by atoms with Crippen LogP contribution in [0.5, 0.6) is 11.5 Å². The van der Waals surface area contributed by atoms with E-state index in [9.17, 15) is 13.2 Å². The average Bonchev–Trinajstić information content (AvgIpc) is 2.85. The highest BCUT2D eigenvalue weighted by Crippen LogP contribution is 2.35. The molecule has 9 heteroatoms. The smallest absolute Gasteiger partial charge is 0.251 e. The van der Waals surface area contributed by atoms with E-state index in [1.165, 1.54) is 12.3 Å². The minimum Gasteiger partial charge on any atom is -0.491 e. The number of aromatic nitrogens is 1. The van der Waals surface area contributed by atoms with Gasteiger partial charge in [0.25, 0.3) is 5.91 Å². The lowest BCUT2D eigenvalue weighted by atomic mass is 10.1. The Balaban J connectivity index is 1.32. The zero-order valence-electron chi connectivity index (χ0n) is 20.7. The van der Waals surface area contributed by atoms with Crippen molar-refractivity contribution in [1.82, 2.24) is 10.3 Å². The highest BCUT2D eigenvalue weighted by atomic mass is 32.2. The van der Waals surface area contributed by atoms with Gasteiger partial charge in [-0.2, -0.15) is 0 Å². The number of carbonyl (C=O) groups is 1. The molecule has 36 heavy (non-hydrogen) atoms. The second-order valence-electron chi connectivity index (χ2n) is 9.02. The molecule has 0 bridgehead atoms. The Morgan fingerprint density at radius 1 is 1.14 bits per heavy atom. The molecule has 0 unspecified atom stereocenters. The molecule has 2 heterocycles. The summed E-state index contributed by atoms with van der Waals surface area (Å²) in [5, 5.41) is 2.82. The Bertz CT molecular complexity index is 1310. The Kier molecular flexibility index (Phi) is 7.79. The Morgan fingerprint density at radius 2 is 1.92 bits per heavy atom. The van der Waals surface area contributed by atoms with Crippen molar-refractivity contribution in [3.8, 4) is 11.5 Å². The van der Waals surface area contributed by atoms with Crippen LogP contribution in [0.15, 0.2) is 65.7 Å². The summed E-state index contributed by atoms with van der Waals surface area (Å²) < 4.78 is 34.7. The van der Waals surface area contributed by atoms with Crippen molar-refractivity contribution in [2.24, 2.45) is 0 Å². The summed E-state index contributed by atoms with van der Waals surface area (Å²) in [5.74, 6) is 1.48. The van der Waals surface area contributed by atoms with Crippen molar-refractivity contribution < 1.29 is 22.7 Å². The van der Waals surface area contributed by atoms with E-state index in [2.05, 4.69) is 15.2 Å². The van der Waals surface area contributed by atoms with Gasteiger partial charge in [-0.3, -0.25) is 9.78 Å². The van der Waals surface area contributed by atoms with Gasteiger partial charge in [0.2, 0.25) is 0 Å². The van der Waals surface area contributed by atoms with E-state index in [1.54, 1.807) is 6.07 Å². The number of fused-ring (bicyclic) bond motifs is 1. The fourth-order valence-corrected chi connectivity index (χ4v) is 4.48. The third-order valence-electron chi connectivity index (χ3n) is 5.80. The molecular formula is C27H31N3O5S. The second kappa shape index (κ2) is 11.0. The zero-order valence-corrected chi connectivity index (χ0v) is 21.5. The maximum absolute atomic E-state index is 12.5. The average molecular weight is 510 g/mol. The summed E-state index contributed by atoms with van der Waals surface area (Å²) >= 11 is 0. The quantitative estimate of drug-likeness (QED) is 0.470. The molecule has 1 amide bonds. The van der Waals surface area contributed by atoms with Crippen molar-refractivity contribution in [1.29, 1.82) is 0 Å². The summed E-state index contributed by atoms with van der Waals surface area (Å²) in [7, 11) is -3.30. The molecule has 0 saturated carbocycles. The summed E-state index contributed by atoms with van der Waals surface area (Å²) in [4.78, 5) is 19.1. The molecule has 2 aromatic carbocycles. The van der Waals surface area contributed by atoms with Crippen LogP contribution in [0.1, 0.15) is 35.5 Å². The van der Waals surface area contributed by atoms with Crippen molar-refractivity contribution in [2.45, 2.75) is 37.8 Å². The van der Waals surface area contributed by atoms with Gasteiger partial charge in [0.1, 0.15) is 18.1 Å². The van der Waals surface area contributed by atoms with Gasteiger partial charge in [-0.25, -0.2) is 8.42 Å². The molecule has 4 rings (SSSR count). The van der Waals surface area contributed by atoms with Crippen molar-refractivity contribution >= 4 is 21.4 Å².